The zero-order chi connectivity index (χ0) is 16.3. The minimum Gasteiger partial charge on any atom is -0.481 e. The molecule has 0 saturated heterocycles. The lowest BCUT2D eigenvalue weighted by atomic mass is 9.95. The summed E-state index contributed by atoms with van der Waals surface area (Å²) in [6, 6.07) is 1.18. The Bertz CT molecular complexity index is 604. The van der Waals surface area contributed by atoms with Crippen molar-refractivity contribution in [1.82, 2.24) is 0 Å². The van der Waals surface area contributed by atoms with Gasteiger partial charge in [0.25, 0.3) is 5.91 Å². The summed E-state index contributed by atoms with van der Waals surface area (Å²) >= 11 is 0. The van der Waals surface area contributed by atoms with Gasteiger partial charge in [-0.3, -0.25) is 14.4 Å². The average molecular weight is 300 g/mol. The van der Waals surface area contributed by atoms with Gasteiger partial charge in [0.05, 0.1) is 17.2 Å². The fourth-order valence-corrected chi connectivity index (χ4v) is 1.52. The molecule has 1 aromatic carbocycles. The third kappa shape index (κ3) is 3.74. The monoisotopic (exact) mass is 300 g/mol. The Morgan fingerprint density at radius 3 is 2.19 bits per heavy atom. The van der Waals surface area contributed by atoms with Crippen LogP contribution in [0, 0.1) is 23.5 Å². The van der Waals surface area contributed by atoms with E-state index in [1.54, 1.807) is 0 Å². The van der Waals surface area contributed by atoms with Gasteiger partial charge in [-0.2, -0.15) is 0 Å². The molecule has 6 nitrogen and oxygen atoms in total. The highest BCUT2D eigenvalue weighted by Crippen LogP contribution is 2.21. The summed E-state index contributed by atoms with van der Waals surface area (Å²) in [7, 11) is 0. The molecule has 0 radical (unpaired) electrons. The van der Waals surface area contributed by atoms with Gasteiger partial charge in [-0.1, -0.05) is 13.8 Å². The van der Waals surface area contributed by atoms with Crippen LogP contribution in [0.25, 0.3) is 0 Å². The summed E-state index contributed by atoms with van der Waals surface area (Å²) in [4.78, 5) is 33.6. The van der Waals surface area contributed by atoms with E-state index in [1.165, 1.54) is 13.8 Å². The van der Waals surface area contributed by atoms with Crippen molar-refractivity contribution in [3.8, 4) is 0 Å². The van der Waals surface area contributed by atoms with Crippen molar-refractivity contribution in [3.63, 3.8) is 0 Å². The molecule has 4 N–H and O–H groups in total. The molecule has 0 heterocycles. The van der Waals surface area contributed by atoms with Crippen molar-refractivity contribution in [3.05, 3.63) is 29.3 Å². The van der Waals surface area contributed by atoms with Gasteiger partial charge in [0.2, 0.25) is 5.91 Å². The van der Waals surface area contributed by atoms with Crippen LogP contribution >= 0.6 is 0 Å². The van der Waals surface area contributed by atoms with Crippen molar-refractivity contribution in [1.29, 1.82) is 0 Å². The lowest BCUT2D eigenvalue weighted by molar-refractivity contribution is -0.145. The molecular formula is C13H14F2N2O4. The van der Waals surface area contributed by atoms with Crippen LogP contribution in [0.1, 0.15) is 24.2 Å². The lowest BCUT2D eigenvalue weighted by Gasteiger charge is -2.16. The highest BCUT2D eigenvalue weighted by Gasteiger charge is 2.26. The molecule has 2 atom stereocenters. The van der Waals surface area contributed by atoms with E-state index in [4.69, 9.17) is 10.8 Å². The fraction of sp³-hybridized carbons (Fsp3) is 0.308. The Morgan fingerprint density at radius 1 is 1.14 bits per heavy atom. The van der Waals surface area contributed by atoms with Gasteiger partial charge in [0, 0.05) is 12.0 Å². The van der Waals surface area contributed by atoms with Crippen LogP contribution in [0.2, 0.25) is 0 Å². The second-order valence-corrected chi connectivity index (χ2v) is 4.58. The number of aliphatic carboxylic acids is 1. The summed E-state index contributed by atoms with van der Waals surface area (Å²) in [6.07, 6.45) is 0. The molecule has 0 spiro atoms. The number of nitrogens with two attached hydrogens (primary N) is 1. The van der Waals surface area contributed by atoms with Crippen molar-refractivity contribution >= 4 is 23.5 Å². The number of benzene rings is 1. The maximum Gasteiger partial charge on any atom is 0.307 e. The molecule has 0 bridgehead atoms. The smallest absolute Gasteiger partial charge is 0.307 e. The molecular weight excluding hydrogens is 286 g/mol. The van der Waals surface area contributed by atoms with Crippen molar-refractivity contribution in [2.45, 2.75) is 13.8 Å². The molecule has 21 heavy (non-hydrogen) atoms. The zero-order valence-corrected chi connectivity index (χ0v) is 11.3. The number of nitrogens with one attached hydrogen (secondary N) is 1. The quantitative estimate of drug-likeness (QED) is 0.762. The van der Waals surface area contributed by atoms with E-state index < -0.39 is 52.5 Å². The van der Waals surface area contributed by atoms with Gasteiger partial charge < -0.3 is 16.2 Å². The van der Waals surface area contributed by atoms with Crippen LogP contribution in [0.15, 0.2) is 12.1 Å². The number of carboxylic acid groups (broad SMARTS) is 1. The number of carbonyl (C=O) groups excluding carboxylic acids is 2. The van der Waals surface area contributed by atoms with Crippen LogP contribution in [0.3, 0.4) is 0 Å². The van der Waals surface area contributed by atoms with Crippen molar-refractivity contribution < 1.29 is 28.3 Å². The predicted octanol–water partition coefficient (Wildman–Crippen LogP) is 1.36. The highest BCUT2D eigenvalue weighted by atomic mass is 19.1. The maximum absolute atomic E-state index is 13.6. The molecule has 0 fully saturated rings. The van der Waals surface area contributed by atoms with E-state index >= 15 is 0 Å². The second kappa shape index (κ2) is 6.29. The van der Waals surface area contributed by atoms with E-state index in [2.05, 4.69) is 5.32 Å². The first-order valence-electron chi connectivity index (χ1n) is 5.97. The number of carboxylic acids is 1. The summed E-state index contributed by atoms with van der Waals surface area (Å²) in [5.41, 5.74) is 3.90. The first-order valence-corrected chi connectivity index (χ1v) is 5.97. The van der Waals surface area contributed by atoms with Crippen molar-refractivity contribution in [2.24, 2.45) is 17.6 Å². The van der Waals surface area contributed by atoms with Crippen molar-refractivity contribution in [2.75, 3.05) is 5.32 Å². The number of hydrogen-bond acceptors (Lipinski definition) is 3. The first-order chi connectivity index (χ1) is 9.65. The van der Waals surface area contributed by atoms with E-state index in [1.807, 2.05) is 0 Å². The molecule has 1 rings (SSSR count). The average Bonchev–Trinajstić information content (AvgIpc) is 2.39. The number of rotatable bonds is 5. The molecule has 114 valence electrons. The summed E-state index contributed by atoms with van der Waals surface area (Å²) in [5.74, 6) is -7.27. The Hall–Kier alpha value is -2.51. The number of anilines is 1. The minimum atomic E-state index is -1.19. The first kappa shape index (κ1) is 16.5. The number of hydrogen-bond donors (Lipinski definition) is 3. The van der Waals surface area contributed by atoms with E-state index in [-0.39, 0.29) is 0 Å². The van der Waals surface area contributed by atoms with E-state index in [0.29, 0.717) is 6.07 Å². The Morgan fingerprint density at radius 2 is 1.71 bits per heavy atom. The molecule has 1 aromatic rings. The molecule has 0 aliphatic rings. The SMILES string of the molecule is CC(C(=O)O)C(C)C(=O)Nc1cc(C(N)=O)c(F)cc1F. The lowest BCUT2D eigenvalue weighted by Crippen LogP contribution is -2.30. The Labute approximate surface area is 118 Å². The molecule has 0 aliphatic carbocycles. The molecule has 0 aliphatic heterocycles. The van der Waals surface area contributed by atoms with Gasteiger partial charge in [-0.25, -0.2) is 8.78 Å². The standard InChI is InChI=1S/C13H14F2N2O4/c1-5(6(2)13(20)21)12(19)17-10-3-7(11(16)18)8(14)4-9(10)15/h3-6H,1-2H3,(H2,16,18)(H,17,19)(H,20,21). The third-order valence-corrected chi connectivity index (χ3v) is 3.13. The van der Waals surface area contributed by atoms with Crippen LogP contribution in [0.4, 0.5) is 14.5 Å². The number of carbonyl (C=O) groups is 3. The molecule has 0 aromatic heterocycles. The summed E-state index contributed by atoms with van der Waals surface area (Å²) < 4.78 is 26.8. The third-order valence-electron chi connectivity index (χ3n) is 3.13. The second-order valence-electron chi connectivity index (χ2n) is 4.58. The number of primary amides is 1. The zero-order valence-electron chi connectivity index (χ0n) is 11.3. The Balaban J connectivity index is 3.03. The normalized spacial score (nSPS) is 13.3. The predicted molar refractivity (Wildman–Crippen MR) is 69.5 cm³/mol. The van der Waals surface area contributed by atoms with E-state index in [0.717, 1.165) is 6.07 Å². The highest BCUT2D eigenvalue weighted by molar-refractivity contribution is 5.98. The summed E-state index contributed by atoms with van der Waals surface area (Å²) in [6.45, 7) is 2.67. The van der Waals surface area contributed by atoms with Crippen LogP contribution in [-0.4, -0.2) is 22.9 Å². The topological polar surface area (TPSA) is 109 Å². The van der Waals surface area contributed by atoms with Gasteiger partial charge >= 0.3 is 5.97 Å². The van der Waals surface area contributed by atoms with Gasteiger partial charge in [-0.05, 0) is 6.07 Å². The fourth-order valence-electron chi connectivity index (χ4n) is 1.52. The largest absolute Gasteiger partial charge is 0.481 e. The van der Waals surface area contributed by atoms with E-state index in [9.17, 15) is 23.2 Å². The van der Waals surface area contributed by atoms with Crippen LogP contribution in [0.5, 0.6) is 0 Å². The minimum absolute atomic E-state index is 0.418. The van der Waals surface area contributed by atoms with Gasteiger partial charge in [0.15, 0.2) is 0 Å². The number of halogens is 2. The molecule has 2 amide bonds. The van der Waals surface area contributed by atoms with Crippen LogP contribution in [-0.2, 0) is 9.59 Å². The Kier molecular flexibility index (Phi) is 4.96. The maximum atomic E-state index is 13.6. The summed E-state index contributed by atoms with van der Waals surface area (Å²) in [5, 5.41) is 10.9. The number of amides is 2. The van der Waals surface area contributed by atoms with Crippen LogP contribution < -0.4 is 11.1 Å². The van der Waals surface area contributed by atoms with Gasteiger partial charge in [-0.15, -0.1) is 0 Å². The molecule has 2 unspecified atom stereocenters. The molecule has 8 heteroatoms. The van der Waals surface area contributed by atoms with Gasteiger partial charge in [0.1, 0.15) is 11.6 Å². The molecule has 0 saturated carbocycles.